The maximum atomic E-state index is 12.3. The topological polar surface area (TPSA) is 60.5 Å². The molecule has 1 aliphatic rings. The molecular weight excluding hydrogens is 316 g/mol. The highest BCUT2D eigenvalue weighted by atomic mass is 16.5. The van der Waals surface area contributed by atoms with E-state index in [0.29, 0.717) is 18.0 Å². The Morgan fingerprint density at radius 1 is 1.36 bits per heavy atom. The summed E-state index contributed by atoms with van der Waals surface area (Å²) in [6, 6.07) is 11.6. The Labute approximate surface area is 148 Å². The summed E-state index contributed by atoms with van der Waals surface area (Å²) in [6.45, 7) is 4.75. The van der Waals surface area contributed by atoms with Crippen molar-refractivity contribution in [1.29, 1.82) is 0 Å². The van der Waals surface area contributed by atoms with Crippen LogP contribution in [0.2, 0.25) is 0 Å². The maximum absolute atomic E-state index is 12.3. The molecule has 5 heteroatoms. The minimum atomic E-state index is -0.238. The molecule has 132 valence electrons. The number of para-hydroxylation sites is 1. The summed E-state index contributed by atoms with van der Waals surface area (Å²) in [5, 5.41) is 3.04. The van der Waals surface area contributed by atoms with Crippen LogP contribution in [0, 0.1) is 0 Å². The molecule has 1 N–H and O–H groups in total. The van der Waals surface area contributed by atoms with Crippen LogP contribution < -0.4 is 14.8 Å². The highest BCUT2D eigenvalue weighted by Gasteiger charge is 2.33. The summed E-state index contributed by atoms with van der Waals surface area (Å²) in [7, 11) is 1.60. The molecule has 0 aliphatic carbocycles. The molecule has 2 heterocycles. The summed E-state index contributed by atoms with van der Waals surface area (Å²) in [5.41, 5.74) is 1.61. The molecule has 1 atom stereocenters. The number of nitrogens with zero attached hydrogens (tertiary/aromatic N) is 1. The Bertz CT molecular complexity index is 758. The van der Waals surface area contributed by atoms with Gasteiger partial charge in [0.2, 0.25) is 5.91 Å². The number of amides is 1. The van der Waals surface area contributed by atoms with Crippen LogP contribution in [0.3, 0.4) is 0 Å². The number of hydrogen-bond donors (Lipinski definition) is 1. The number of carbonyl (C=O) groups is 1. The molecule has 0 saturated carbocycles. The zero-order chi connectivity index (χ0) is 17.9. The molecule has 1 aromatic heterocycles. The van der Waals surface area contributed by atoms with Crippen molar-refractivity contribution in [2.45, 2.75) is 38.2 Å². The minimum Gasteiger partial charge on any atom is -0.497 e. The quantitative estimate of drug-likeness (QED) is 0.909. The second-order valence-corrected chi connectivity index (χ2v) is 6.97. The number of rotatable bonds is 5. The van der Waals surface area contributed by atoms with Gasteiger partial charge in [-0.15, -0.1) is 0 Å². The van der Waals surface area contributed by atoms with Crippen molar-refractivity contribution in [3.05, 3.63) is 53.9 Å². The lowest BCUT2D eigenvalue weighted by molar-refractivity contribution is -0.120. The Morgan fingerprint density at radius 3 is 2.96 bits per heavy atom. The van der Waals surface area contributed by atoms with Gasteiger partial charge in [-0.2, -0.15) is 0 Å². The Kier molecular flexibility index (Phi) is 4.93. The predicted octanol–water partition coefficient (Wildman–Crippen LogP) is 3.09. The first-order chi connectivity index (χ1) is 12.0. The smallest absolute Gasteiger partial charge is 0.226 e. The first-order valence-electron chi connectivity index (χ1n) is 8.50. The van der Waals surface area contributed by atoms with Crippen LogP contribution >= 0.6 is 0 Å². The summed E-state index contributed by atoms with van der Waals surface area (Å²) in [6.07, 6.45) is 2.76. The molecule has 3 rings (SSSR count). The highest BCUT2D eigenvalue weighted by molar-refractivity contribution is 5.78. The molecule has 0 saturated heterocycles. The maximum Gasteiger partial charge on any atom is 0.226 e. The van der Waals surface area contributed by atoms with Gasteiger partial charge in [0, 0.05) is 24.7 Å². The van der Waals surface area contributed by atoms with E-state index in [1.165, 1.54) is 0 Å². The van der Waals surface area contributed by atoms with E-state index in [4.69, 9.17) is 9.47 Å². The van der Waals surface area contributed by atoms with E-state index in [0.717, 1.165) is 17.7 Å². The third-order valence-corrected chi connectivity index (χ3v) is 4.39. The van der Waals surface area contributed by atoms with Gasteiger partial charge < -0.3 is 14.8 Å². The van der Waals surface area contributed by atoms with E-state index < -0.39 is 0 Å². The fourth-order valence-electron chi connectivity index (χ4n) is 3.28. The van der Waals surface area contributed by atoms with Gasteiger partial charge in [-0.05, 0) is 38.0 Å². The number of aromatic nitrogens is 1. The molecule has 0 radical (unpaired) electrons. The van der Waals surface area contributed by atoms with Crippen LogP contribution in [0.4, 0.5) is 0 Å². The average molecular weight is 340 g/mol. The standard InChI is InChI=1S/C20H24N2O3/c1-20(2)12-14(17-6-4-5-7-18(17)25-20)13-22-19(23)11-15-10-16(24-3)8-9-21-15/h4-10,14H,11-13H2,1-3H3,(H,22,23). The number of hydrogen-bond acceptors (Lipinski definition) is 4. The van der Waals surface area contributed by atoms with Crippen molar-refractivity contribution in [1.82, 2.24) is 10.3 Å². The highest BCUT2D eigenvalue weighted by Crippen LogP contribution is 2.40. The van der Waals surface area contributed by atoms with E-state index in [1.807, 2.05) is 18.2 Å². The van der Waals surface area contributed by atoms with Crippen LogP contribution in [0.15, 0.2) is 42.6 Å². The van der Waals surface area contributed by atoms with Gasteiger partial charge in [0.1, 0.15) is 17.1 Å². The SMILES string of the molecule is COc1ccnc(CC(=O)NCC2CC(C)(C)Oc3ccccc32)c1. The van der Waals surface area contributed by atoms with Crippen molar-refractivity contribution in [2.24, 2.45) is 0 Å². The molecule has 2 aromatic rings. The fraction of sp³-hybridized carbons (Fsp3) is 0.400. The summed E-state index contributed by atoms with van der Waals surface area (Å²) < 4.78 is 11.2. The molecule has 5 nitrogen and oxygen atoms in total. The van der Waals surface area contributed by atoms with Gasteiger partial charge >= 0.3 is 0 Å². The molecule has 0 bridgehead atoms. The molecule has 1 unspecified atom stereocenters. The molecule has 1 aromatic carbocycles. The Hall–Kier alpha value is -2.56. The van der Waals surface area contributed by atoms with Gasteiger partial charge in [0.15, 0.2) is 0 Å². The number of benzene rings is 1. The second kappa shape index (κ2) is 7.13. The molecule has 25 heavy (non-hydrogen) atoms. The fourth-order valence-corrected chi connectivity index (χ4v) is 3.28. The van der Waals surface area contributed by atoms with Gasteiger partial charge in [-0.25, -0.2) is 0 Å². The third kappa shape index (κ3) is 4.29. The second-order valence-electron chi connectivity index (χ2n) is 6.97. The van der Waals surface area contributed by atoms with Crippen LogP contribution in [0.25, 0.3) is 0 Å². The third-order valence-electron chi connectivity index (χ3n) is 4.39. The monoisotopic (exact) mass is 340 g/mol. The minimum absolute atomic E-state index is 0.0393. The lowest BCUT2D eigenvalue weighted by atomic mass is 9.84. The zero-order valence-corrected chi connectivity index (χ0v) is 14.9. The first-order valence-corrected chi connectivity index (χ1v) is 8.50. The van der Waals surface area contributed by atoms with Crippen LogP contribution in [-0.2, 0) is 11.2 Å². The van der Waals surface area contributed by atoms with Crippen LogP contribution in [0.5, 0.6) is 11.5 Å². The van der Waals surface area contributed by atoms with Gasteiger partial charge in [-0.1, -0.05) is 18.2 Å². The number of ether oxygens (including phenoxy) is 2. The van der Waals surface area contributed by atoms with Crippen molar-refractivity contribution in [3.63, 3.8) is 0 Å². The average Bonchev–Trinajstić information content (AvgIpc) is 2.59. The lowest BCUT2D eigenvalue weighted by Crippen LogP contribution is -2.39. The predicted molar refractivity (Wildman–Crippen MR) is 96.0 cm³/mol. The molecular formula is C20H24N2O3. The number of nitrogens with one attached hydrogen (secondary N) is 1. The van der Waals surface area contributed by atoms with E-state index in [1.54, 1.807) is 25.4 Å². The van der Waals surface area contributed by atoms with E-state index in [2.05, 4.69) is 30.2 Å². The van der Waals surface area contributed by atoms with Crippen molar-refractivity contribution >= 4 is 5.91 Å². The first kappa shape index (κ1) is 17.3. The van der Waals surface area contributed by atoms with Crippen molar-refractivity contribution in [2.75, 3.05) is 13.7 Å². The number of methoxy groups -OCH3 is 1. The van der Waals surface area contributed by atoms with Crippen LogP contribution in [0.1, 0.15) is 37.4 Å². The summed E-state index contributed by atoms with van der Waals surface area (Å²) in [5.74, 6) is 1.81. The Morgan fingerprint density at radius 2 is 2.16 bits per heavy atom. The number of carbonyl (C=O) groups excluding carboxylic acids is 1. The summed E-state index contributed by atoms with van der Waals surface area (Å²) >= 11 is 0. The normalized spacial score (nSPS) is 18.0. The largest absolute Gasteiger partial charge is 0.497 e. The summed E-state index contributed by atoms with van der Waals surface area (Å²) in [4.78, 5) is 16.5. The molecule has 0 spiro atoms. The van der Waals surface area contributed by atoms with Crippen molar-refractivity contribution < 1.29 is 14.3 Å². The lowest BCUT2D eigenvalue weighted by Gasteiger charge is -2.37. The zero-order valence-electron chi connectivity index (χ0n) is 14.9. The van der Waals surface area contributed by atoms with E-state index in [9.17, 15) is 4.79 Å². The van der Waals surface area contributed by atoms with Gasteiger partial charge in [0.05, 0.1) is 19.2 Å². The number of pyridine rings is 1. The van der Waals surface area contributed by atoms with Gasteiger partial charge in [0.25, 0.3) is 0 Å². The molecule has 1 aliphatic heterocycles. The Balaban J connectivity index is 1.63. The van der Waals surface area contributed by atoms with E-state index >= 15 is 0 Å². The molecule has 0 fully saturated rings. The number of fused-ring (bicyclic) bond motifs is 1. The van der Waals surface area contributed by atoms with Gasteiger partial charge in [-0.3, -0.25) is 9.78 Å². The molecule has 1 amide bonds. The van der Waals surface area contributed by atoms with Crippen LogP contribution in [-0.4, -0.2) is 30.1 Å². The van der Waals surface area contributed by atoms with Crippen molar-refractivity contribution in [3.8, 4) is 11.5 Å². The van der Waals surface area contributed by atoms with E-state index in [-0.39, 0.29) is 23.8 Å².